The molecule has 9 nitrogen and oxygen atoms in total. The third-order valence-electron chi connectivity index (χ3n) is 9.36. The largest absolute Gasteiger partial charge is 0.354 e. The van der Waals surface area contributed by atoms with E-state index in [2.05, 4.69) is 59.2 Å². The Morgan fingerprint density at radius 1 is 1.07 bits per heavy atom. The van der Waals surface area contributed by atoms with Crippen molar-refractivity contribution in [2.75, 3.05) is 26.2 Å². The Balaban J connectivity index is 1.25. The summed E-state index contributed by atoms with van der Waals surface area (Å²) in [5, 5.41) is 7.13. The van der Waals surface area contributed by atoms with Crippen molar-refractivity contribution in [2.45, 2.75) is 83.0 Å². The molecule has 6 rings (SSSR count). The molecule has 44 heavy (non-hydrogen) atoms. The molecular weight excluding hydrogens is 642 g/mol. The molecule has 2 aliphatic carbocycles. The Hall–Kier alpha value is -2.95. The molecule has 0 radical (unpaired) electrons. The van der Waals surface area contributed by atoms with Crippen molar-refractivity contribution in [3.05, 3.63) is 80.6 Å². The summed E-state index contributed by atoms with van der Waals surface area (Å²) in [5.41, 5.74) is 4.55. The van der Waals surface area contributed by atoms with Gasteiger partial charge in [0.2, 0.25) is 5.91 Å². The van der Waals surface area contributed by atoms with Crippen molar-refractivity contribution < 1.29 is 9.59 Å². The normalized spacial score (nSPS) is 20.8. The van der Waals surface area contributed by atoms with Crippen LogP contribution >= 0.6 is 27.5 Å². The van der Waals surface area contributed by atoms with Crippen molar-refractivity contribution in [2.24, 2.45) is 0 Å². The minimum Gasteiger partial charge on any atom is -0.354 e. The molecule has 2 fully saturated rings. The van der Waals surface area contributed by atoms with Gasteiger partial charge >= 0.3 is 6.03 Å². The molecule has 1 aromatic carbocycles. The van der Waals surface area contributed by atoms with Crippen LogP contribution in [0.5, 0.6) is 0 Å². The number of hydrogen-bond donors (Lipinski definition) is 2. The first-order valence-corrected chi connectivity index (χ1v) is 17.0. The van der Waals surface area contributed by atoms with Gasteiger partial charge in [-0.15, -0.1) is 0 Å². The van der Waals surface area contributed by atoms with E-state index in [1.165, 1.54) is 17.5 Å². The molecule has 2 N–H and O–H groups in total. The number of fused-ring (bicyclic) bond motifs is 2. The van der Waals surface area contributed by atoms with Crippen LogP contribution in [0.3, 0.4) is 0 Å². The van der Waals surface area contributed by atoms with Gasteiger partial charge in [0.15, 0.2) is 0 Å². The van der Waals surface area contributed by atoms with E-state index in [9.17, 15) is 9.59 Å². The molecule has 1 saturated carbocycles. The zero-order valence-corrected chi connectivity index (χ0v) is 27.6. The summed E-state index contributed by atoms with van der Waals surface area (Å²) in [6, 6.07) is 7.53. The van der Waals surface area contributed by atoms with Crippen LogP contribution in [0.25, 0.3) is 0 Å². The van der Waals surface area contributed by atoms with Crippen LogP contribution < -0.4 is 10.6 Å². The van der Waals surface area contributed by atoms with Crippen molar-refractivity contribution in [1.29, 1.82) is 0 Å². The van der Waals surface area contributed by atoms with Gasteiger partial charge in [-0.3, -0.25) is 14.7 Å². The molecule has 1 saturated heterocycles. The number of carbonyl (C=O) groups excluding carboxylic acids is 2. The fourth-order valence-electron chi connectivity index (χ4n) is 7.01. The minimum atomic E-state index is -0.625. The fraction of sp³-hybridized carbons (Fsp3) is 0.515. The number of rotatable bonds is 7. The van der Waals surface area contributed by atoms with Crippen LogP contribution in [0.1, 0.15) is 72.8 Å². The number of aromatic nitrogens is 3. The molecule has 234 valence electrons. The number of pyridine rings is 1. The smallest absolute Gasteiger partial charge is 0.318 e. The highest BCUT2D eigenvalue weighted by molar-refractivity contribution is 9.10. The lowest BCUT2D eigenvalue weighted by Gasteiger charge is -2.44. The number of piperazine rings is 1. The predicted molar refractivity (Wildman–Crippen MR) is 175 cm³/mol. The van der Waals surface area contributed by atoms with Gasteiger partial charge < -0.3 is 20.1 Å². The number of halogens is 2. The average molecular weight is 683 g/mol. The molecule has 3 aromatic rings. The molecule has 2 atom stereocenters. The van der Waals surface area contributed by atoms with Gasteiger partial charge in [-0.05, 0) is 89.8 Å². The molecule has 1 aliphatic heterocycles. The van der Waals surface area contributed by atoms with Gasteiger partial charge in [0.1, 0.15) is 11.9 Å². The van der Waals surface area contributed by atoms with Gasteiger partial charge in [-0.25, -0.2) is 9.78 Å². The van der Waals surface area contributed by atoms with Crippen LogP contribution in [-0.4, -0.2) is 74.5 Å². The fourth-order valence-corrected chi connectivity index (χ4v) is 7.58. The standard InChI is InChI=1S/C33H41BrClN7O2/c1-22-36-13-15-40(22)14-5-12-37-32(43)29-21-41(16-17-42(29)33(44)39-27-6-3-2-4-7-27)31-28-11-10-26(35)19-23(28)8-9-24-18-25(34)20-38-30(24)31/h10-11,13,15,18-20,27,29,31H,2-9,12,14,16-17,21H2,1H3,(H,37,43)(H,39,44)/t29-,31?/m1/s1. The van der Waals surface area contributed by atoms with Gasteiger partial charge in [-0.1, -0.05) is 36.9 Å². The van der Waals surface area contributed by atoms with E-state index >= 15 is 0 Å². The Bertz CT molecular complexity index is 1440. The van der Waals surface area contributed by atoms with Crippen LogP contribution in [0, 0.1) is 6.92 Å². The van der Waals surface area contributed by atoms with Crippen LogP contribution in [0.2, 0.25) is 5.02 Å². The lowest BCUT2D eigenvalue weighted by Crippen LogP contribution is -2.63. The number of aryl methyl sites for hydroxylation is 4. The maximum atomic E-state index is 13.9. The summed E-state index contributed by atoms with van der Waals surface area (Å²) in [7, 11) is 0. The molecule has 2 aromatic heterocycles. The first kappa shape index (κ1) is 31.0. The van der Waals surface area contributed by atoms with E-state index in [-0.39, 0.29) is 24.0 Å². The highest BCUT2D eigenvalue weighted by Gasteiger charge is 2.40. The van der Waals surface area contributed by atoms with E-state index in [4.69, 9.17) is 16.6 Å². The number of amides is 3. The van der Waals surface area contributed by atoms with Crippen molar-refractivity contribution in [1.82, 2.24) is 35.0 Å². The quantitative estimate of drug-likeness (QED) is 0.325. The zero-order valence-electron chi connectivity index (χ0n) is 25.3. The maximum absolute atomic E-state index is 13.9. The zero-order chi connectivity index (χ0) is 30.6. The summed E-state index contributed by atoms with van der Waals surface area (Å²) in [4.78, 5) is 40.9. The first-order valence-electron chi connectivity index (χ1n) is 15.9. The van der Waals surface area contributed by atoms with E-state index < -0.39 is 6.04 Å². The molecular formula is C33H41BrClN7O2. The van der Waals surface area contributed by atoms with Gasteiger partial charge in [0.05, 0.1) is 11.7 Å². The van der Waals surface area contributed by atoms with Crippen molar-refractivity contribution in [3.63, 3.8) is 0 Å². The third-order valence-corrected chi connectivity index (χ3v) is 10.0. The number of nitrogens with one attached hydrogen (secondary N) is 2. The van der Waals surface area contributed by atoms with E-state index in [1.807, 2.05) is 25.4 Å². The van der Waals surface area contributed by atoms with Gasteiger partial charge in [-0.2, -0.15) is 0 Å². The number of urea groups is 1. The van der Waals surface area contributed by atoms with Crippen molar-refractivity contribution >= 4 is 39.5 Å². The molecule has 3 aliphatic rings. The monoisotopic (exact) mass is 681 g/mol. The number of nitrogens with zero attached hydrogens (tertiary/aromatic N) is 5. The SMILES string of the molecule is Cc1nccn1CCCNC(=O)[C@H]1CN(C2c3ccc(Cl)cc3CCc3cc(Br)cnc32)CCN1C(=O)NC1CCCCC1. The molecule has 0 bridgehead atoms. The summed E-state index contributed by atoms with van der Waals surface area (Å²) < 4.78 is 3.03. The molecule has 3 amide bonds. The second kappa shape index (κ2) is 14.0. The Kier molecular flexibility index (Phi) is 9.88. The second-order valence-electron chi connectivity index (χ2n) is 12.2. The Morgan fingerprint density at radius 3 is 2.68 bits per heavy atom. The predicted octanol–water partition coefficient (Wildman–Crippen LogP) is 5.43. The van der Waals surface area contributed by atoms with Gasteiger partial charge in [0.25, 0.3) is 0 Å². The van der Waals surface area contributed by atoms with E-state index in [1.54, 1.807) is 11.1 Å². The lowest BCUT2D eigenvalue weighted by atomic mass is 9.95. The number of carbonyl (C=O) groups is 2. The average Bonchev–Trinajstić information content (AvgIpc) is 3.37. The molecule has 0 spiro atoms. The van der Waals surface area contributed by atoms with Gasteiger partial charge in [0, 0.05) is 66.9 Å². The highest BCUT2D eigenvalue weighted by atomic mass is 79.9. The van der Waals surface area contributed by atoms with E-state index in [0.29, 0.717) is 26.2 Å². The summed E-state index contributed by atoms with van der Waals surface area (Å²) in [5.74, 6) is 0.834. The molecule has 3 heterocycles. The summed E-state index contributed by atoms with van der Waals surface area (Å²) in [6.07, 6.45) is 13.6. The maximum Gasteiger partial charge on any atom is 0.318 e. The third kappa shape index (κ3) is 6.97. The van der Waals surface area contributed by atoms with Crippen LogP contribution in [0.15, 0.2) is 47.3 Å². The highest BCUT2D eigenvalue weighted by Crippen LogP contribution is 2.38. The Labute approximate surface area is 272 Å². The first-order chi connectivity index (χ1) is 21.4. The number of imidazole rings is 1. The molecule has 1 unspecified atom stereocenters. The number of benzene rings is 1. The van der Waals surface area contributed by atoms with Crippen LogP contribution in [-0.2, 0) is 24.2 Å². The summed E-state index contributed by atoms with van der Waals surface area (Å²) >= 11 is 10.1. The number of hydrogen-bond acceptors (Lipinski definition) is 5. The second-order valence-corrected chi connectivity index (χ2v) is 13.6. The minimum absolute atomic E-state index is 0.121. The van der Waals surface area contributed by atoms with Crippen LogP contribution in [0.4, 0.5) is 4.79 Å². The lowest BCUT2D eigenvalue weighted by molar-refractivity contribution is -0.127. The summed E-state index contributed by atoms with van der Waals surface area (Å²) in [6.45, 7) is 4.77. The van der Waals surface area contributed by atoms with E-state index in [0.717, 1.165) is 78.1 Å². The Morgan fingerprint density at radius 2 is 1.89 bits per heavy atom. The van der Waals surface area contributed by atoms with Crippen molar-refractivity contribution in [3.8, 4) is 0 Å². The molecule has 11 heteroatoms. The topological polar surface area (TPSA) is 95.4 Å².